The molecule has 0 amide bonds. The molecule has 0 aliphatic rings. The minimum atomic E-state index is -0.451. The molecule has 0 bridgehead atoms. The third-order valence-corrected chi connectivity index (χ3v) is 1.22. The van der Waals surface area contributed by atoms with Crippen LogP contribution in [0, 0.1) is 5.41 Å². The Hall–Kier alpha value is 1.60. The molecule has 0 radical (unpaired) electrons. The summed E-state index contributed by atoms with van der Waals surface area (Å²) >= 11 is 0. The van der Waals surface area contributed by atoms with Crippen LogP contribution >= 0.6 is 0 Å². The van der Waals surface area contributed by atoms with Crippen LogP contribution in [0.4, 0.5) is 0 Å². The fourth-order valence-corrected chi connectivity index (χ4v) is 0. The Morgan fingerprint density at radius 1 is 1.25 bits per heavy atom. The van der Waals surface area contributed by atoms with E-state index in [1.54, 1.807) is 6.92 Å². The van der Waals surface area contributed by atoms with Crippen LogP contribution in [0.25, 0.3) is 0 Å². The third kappa shape index (κ3) is 5.73. The molecule has 0 rings (SSSR count). The Morgan fingerprint density at radius 3 is 1.38 bits per heavy atom. The van der Waals surface area contributed by atoms with Crippen molar-refractivity contribution in [1.29, 1.82) is 0 Å². The molecule has 1 unspecified atom stereocenters. The molecule has 2 heteroatoms. The minimum absolute atomic E-state index is 0. The molecule has 0 saturated heterocycles. The maximum absolute atomic E-state index is 10.5. The van der Waals surface area contributed by atoms with Crippen LogP contribution in [-0.2, 0) is 0 Å². The van der Waals surface area contributed by atoms with Crippen molar-refractivity contribution in [3.05, 3.63) is 0 Å². The summed E-state index contributed by atoms with van der Waals surface area (Å²) in [7, 11) is 0. The molecule has 0 aromatic rings. The molecule has 0 aromatic heterocycles. The van der Waals surface area contributed by atoms with Crippen molar-refractivity contribution < 1.29 is 56.5 Å². The number of hydrogen-bond acceptors (Lipinski definition) is 1. The van der Waals surface area contributed by atoms with Crippen LogP contribution in [0.1, 0.15) is 27.7 Å². The van der Waals surface area contributed by atoms with Crippen LogP contribution in [0.2, 0.25) is 0 Å². The van der Waals surface area contributed by atoms with Gasteiger partial charge in [0.2, 0.25) is 0 Å². The summed E-state index contributed by atoms with van der Waals surface area (Å²) in [5.41, 5.74) is -0.0556. The van der Waals surface area contributed by atoms with Gasteiger partial charge in [0, 0.05) is 0 Å². The topological polar surface area (TPSA) is 23.1 Å². The number of hydrogen-bond donors (Lipinski definition) is 0. The molecular weight excluding hydrogens is 127 g/mol. The van der Waals surface area contributed by atoms with Crippen LogP contribution in [-0.4, -0.2) is 6.10 Å². The van der Waals surface area contributed by atoms with Crippen molar-refractivity contribution in [3.63, 3.8) is 0 Å². The summed E-state index contributed by atoms with van der Waals surface area (Å²) < 4.78 is 0. The molecule has 0 aromatic carbocycles. The van der Waals surface area contributed by atoms with Crippen molar-refractivity contribution in [2.45, 2.75) is 33.8 Å². The molecule has 0 spiro atoms. The first-order valence-corrected chi connectivity index (χ1v) is 2.60. The normalized spacial score (nSPS) is 14.6. The maximum Gasteiger partial charge on any atom is 1.00 e. The van der Waals surface area contributed by atoms with Gasteiger partial charge in [0.1, 0.15) is 0 Å². The molecule has 0 aliphatic heterocycles. The second-order valence-corrected chi connectivity index (χ2v) is 3.01. The fourth-order valence-electron chi connectivity index (χ4n) is 0. The van der Waals surface area contributed by atoms with Crippen LogP contribution in [0.3, 0.4) is 0 Å². The summed E-state index contributed by atoms with van der Waals surface area (Å²) in [5, 5.41) is 10.5. The second kappa shape index (κ2) is 4.42. The zero-order chi connectivity index (χ0) is 6.08. The molecule has 8 heavy (non-hydrogen) atoms. The van der Waals surface area contributed by atoms with Gasteiger partial charge in [0.05, 0.1) is 0 Å². The van der Waals surface area contributed by atoms with E-state index in [4.69, 9.17) is 0 Å². The molecular formula is C6H13KO. The predicted molar refractivity (Wildman–Crippen MR) is 28.9 cm³/mol. The van der Waals surface area contributed by atoms with E-state index in [9.17, 15) is 5.11 Å². The van der Waals surface area contributed by atoms with E-state index in [1.807, 2.05) is 20.8 Å². The average molecular weight is 140 g/mol. The van der Waals surface area contributed by atoms with Crippen molar-refractivity contribution in [3.8, 4) is 0 Å². The maximum atomic E-state index is 10.5. The quantitative estimate of drug-likeness (QED) is 0.350. The van der Waals surface area contributed by atoms with Gasteiger partial charge in [-0.15, -0.1) is 6.10 Å². The molecule has 0 heterocycles. The second-order valence-electron chi connectivity index (χ2n) is 3.01. The molecule has 1 atom stereocenters. The summed E-state index contributed by atoms with van der Waals surface area (Å²) in [4.78, 5) is 0. The van der Waals surface area contributed by atoms with Crippen LogP contribution in [0.15, 0.2) is 0 Å². The molecule has 0 fully saturated rings. The predicted octanol–water partition coefficient (Wildman–Crippen LogP) is -2.21. The van der Waals surface area contributed by atoms with E-state index in [0.717, 1.165) is 0 Å². The van der Waals surface area contributed by atoms with Gasteiger partial charge in [-0.3, -0.25) is 0 Å². The molecule has 1 nitrogen and oxygen atoms in total. The SMILES string of the molecule is CC([O-])C(C)(C)C.[K+]. The van der Waals surface area contributed by atoms with Crippen molar-refractivity contribution in [2.75, 3.05) is 0 Å². The summed E-state index contributed by atoms with van der Waals surface area (Å²) in [6.07, 6.45) is -0.451. The largest absolute Gasteiger partial charge is 1.00 e. The summed E-state index contributed by atoms with van der Waals surface area (Å²) in [6, 6.07) is 0. The van der Waals surface area contributed by atoms with Crippen molar-refractivity contribution in [1.82, 2.24) is 0 Å². The monoisotopic (exact) mass is 140 g/mol. The van der Waals surface area contributed by atoms with Crippen molar-refractivity contribution in [2.24, 2.45) is 5.41 Å². The third-order valence-electron chi connectivity index (χ3n) is 1.22. The minimum Gasteiger partial charge on any atom is -0.852 e. The summed E-state index contributed by atoms with van der Waals surface area (Å²) in [6.45, 7) is 7.54. The Bertz CT molecular complexity index is 54.0. The van der Waals surface area contributed by atoms with Crippen molar-refractivity contribution >= 4 is 0 Å². The van der Waals surface area contributed by atoms with Gasteiger partial charge in [-0.25, -0.2) is 0 Å². The Kier molecular flexibility index (Phi) is 6.79. The first-order valence-electron chi connectivity index (χ1n) is 2.60. The number of rotatable bonds is 0. The van der Waals surface area contributed by atoms with Gasteiger partial charge in [-0.1, -0.05) is 33.1 Å². The average Bonchev–Trinajstić information content (AvgIpc) is 1.31. The van der Waals surface area contributed by atoms with E-state index in [-0.39, 0.29) is 56.8 Å². The summed E-state index contributed by atoms with van der Waals surface area (Å²) in [5.74, 6) is 0. The Morgan fingerprint density at radius 2 is 1.38 bits per heavy atom. The first kappa shape index (κ1) is 12.3. The van der Waals surface area contributed by atoms with Gasteiger partial charge in [0.25, 0.3) is 0 Å². The molecule has 0 saturated carbocycles. The van der Waals surface area contributed by atoms with Gasteiger partial charge in [0.15, 0.2) is 0 Å². The molecule has 0 N–H and O–H groups in total. The van der Waals surface area contributed by atoms with Crippen LogP contribution in [0.5, 0.6) is 0 Å². The Balaban J connectivity index is 0. The van der Waals surface area contributed by atoms with E-state index in [2.05, 4.69) is 0 Å². The smallest absolute Gasteiger partial charge is 0.852 e. The Labute approximate surface area is 94.3 Å². The zero-order valence-corrected chi connectivity index (χ0v) is 9.61. The van der Waals surface area contributed by atoms with E-state index < -0.39 is 6.10 Å². The van der Waals surface area contributed by atoms with E-state index in [0.29, 0.717) is 0 Å². The van der Waals surface area contributed by atoms with Gasteiger partial charge < -0.3 is 5.11 Å². The van der Waals surface area contributed by atoms with Crippen LogP contribution < -0.4 is 56.5 Å². The fraction of sp³-hybridized carbons (Fsp3) is 1.00. The van der Waals surface area contributed by atoms with Gasteiger partial charge in [-0.2, -0.15) is 0 Å². The first-order chi connectivity index (χ1) is 2.94. The molecule has 0 aliphatic carbocycles. The van der Waals surface area contributed by atoms with E-state index in [1.165, 1.54) is 0 Å². The molecule has 44 valence electrons. The van der Waals surface area contributed by atoms with Gasteiger partial charge >= 0.3 is 51.4 Å². The zero-order valence-electron chi connectivity index (χ0n) is 6.49. The standard InChI is InChI=1S/C6H13O.K/c1-5(7)6(2,3)4;/h5H,1-4H3;/q-1;+1. The van der Waals surface area contributed by atoms with Gasteiger partial charge in [-0.05, 0) is 0 Å². The van der Waals surface area contributed by atoms with E-state index >= 15 is 0 Å².